The van der Waals surface area contributed by atoms with Gasteiger partial charge in [0.1, 0.15) is 5.82 Å². The Balaban J connectivity index is 2.93. The van der Waals surface area contributed by atoms with E-state index in [-0.39, 0.29) is 11.4 Å². The monoisotopic (exact) mass is 294 g/mol. The lowest BCUT2D eigenvalue weighted by Gasteiger charge is -2.44. The van der Waals surface area contributed by atoms with Gasteiger partial charge >= 0.3 is 0 Å². The largest absolute Gasteiger partial charge is 0.329 e. The van der Waals surface area contributed by atoms with Crippen molar-refractivity contribution in [2.24, 2.45) is 5.73 Å². The summed E-state index contributed by atoms with van der Waals surface area (Å²) in [5.41, 5.74) is 7.20. The predicted molar refractivity (Wildman–Crippen MR) is 88.9 cm³/mol. The van der Waals surface area contributed by atoms with Crippen molar-refractivity contribution in [1.29, 1.82) is 0 Å². The van der Waals surface area contributed by atoms with Gasteiger partial charge in [0.2, 0.25) is 0 Å². The second-order valence-electron chi connectivity index (χ2n) is 6.31. The lowest BCUT2D eigenvalue weighted by molar-refractivity contribution is 0.0644. The molecule has 0 radical (unpaired) electrons. The standard InChI is InChI=1S/C18H31FN2/c1-5-7-12-21(15(3)6-2)18(4,14-20)13-16-8-10-17(19)11-9-16/h8-11,15H,5-7,12-14,20H2,1-4H3. The quantitative estimate of drug-likeness (QED) is 0.746. The van der Waals surface area contributed by atoms with Crippen LogP contribution in [0.4, 0.5) is 4.39 Å². The van der Waals surface area contributed by atoms with Crippen molar-refractivity contribution in [1.82, 2.24) is 4.90 Å². The van der Waals surface area contributed by atoms with Crippen LogP contribution in [0.25, 0.3) is 0 Å². The summed E-state index contributed by atoms with van der Waals surface area (Å²) in [5, 5.41) is 0. The predicted octanol–water partition coefficient (Wildman–Crippen LogP) is 3.99. The molecular weight excluding hydrogens is 263 g/mol. The third-order valence-corrected chi connectivity index (χ3v) is 4.51. The summed E-state index contributed by atoms with van der Waals surface area (Å²) >= 11 is 0. The Labute approximate surface area is 129 Å². The molecule has 0 aliphatic heterocycles. The van der Waals surface area contributed by atoms with E-state index in [9.17, 15) is 4.39 Å². The second kappa shape index (κ2) is 8.50. The van der Waals surface area contributed by atoms with Crippen LogP contribution < -0.4 is 5.73 Å². The van der Waals surface area contributed by atoms with Crippen LogP contribution in [0.1, 0.15) is 52.5 Å². The highest BCUT2D eigenvalue weighted by atomic mass is 19.1. The summed E-state index contributed by atoms with van der Waals surface area (Å²) in [6.07, 6.45) is 4.34. The Bertz CT molecular complexity index is 404. The van der Waals surface area contributed by atoms with E-state index in [0.717, 1.165) is 24.9 Å². The maximum atomic E-state index is 13.1. The molecule has 2 atom stereocenters. The van der Waals surface area contributed by atoms with Crippen molar-refractivity contribution >= 4 is 0 Å². The fourth-order valence-electron chi connectivity index (χ4n) is 2.90. The lowest BCUT2D eigenvalue weighted by atomic mass is 9.88. The van der Waals surface area contributed by atoms with Gasteiger partial charge in [0.15, 0.2) is 0 Å². The van der Waals surface area contributed by atoms with E-state index in [0.29, 0.717) is 12.6 Å². The maximum Gasteiger partial charge on any atom is 0.123 e. The number of unbranched alkanes of at least 4 members (excludes halogenated alkanes) is 1. The fraction of sp³-hybridized carbons (Fsp3) is 0.667. The first-order valence-corrected chi connectivity index (χ1v) is 8.18. The first-order chi connectivity index (χ1) is 9.96. The lowest BCUT2D eigenvalue weighted by Crippen LogP contribution is -2.56. The first kappa shape index (κ1) is 18.1. The molecule has 21 heavy (non-hydrogen) atoms. The van der Waals surface area contributed by atoms with E-state index in [1.54, 1.807) is 0 Å². The van der Waals surface area contributed by atoms with Gasteiger partial charge in [0.25, 0.3) is 0 Å². The molecule has 0 heterocycles. The van der Waals surface area contributed by atoms with E-state index in [2.05, 4.69) is 32.6 Å². The van der Waals surface area contributed by atoms with Crippen LogP contribution in [0.2, 0.25) is 0 Å². The molecule has 0 saturated carbocycles. The Morgan fingerprint density at radius 3 is 2.33 bits per heavy atom. The molecule has 0 fully saturated rings. The summed E-state index contributed by atoms with van der Waals surface area (Å²) in [7, 11) is 0. The molecule has 2 unspecified atom stereocenters. The van der Waals surface area contributed by atoms with Crippen molar-refractivity contribution in [2.45, 2.75) is 65.0 Å². The van der Waals surface area contributed by atoms with Gasteiger partial charge in [-0.2, -0.15) is 0 Å². The summed E-state index contributed by atoms with van der Waals surface area (Å²) in [4.78, 5) is 2.54. The molecule has 0 spiro atoms. The molecule has 0 saturated heterocycles. The van der Waals surface area contributed by atoms with Crippen LogP contribution in [0.5, 0.6) is 0 Å². The minimum absolute atomic E-state index is 0.0809. The minimum atomic E-state index is -0.182. The van der Waals surface area contributed by atoms with Gasteiger partial charge in [-0.15, -0.1) is 0 Å². The normalized spacial score (nSPS) is 16.0. The molecule has 0 amide bonds. The van der Waals surface area contributed by atoms with Gasteiger partial charge in [-0.1, -0.05) is 32.4 Å². The van der Waals surface area contributed by atoms with Gasteiger partial charge in [0, 0.05) is 18.1 Å². The van der Waals surface area contributed by atoms with Gasteiger partial charge in [0.05, 0.1) is 0 Å². The third-order valence-electron chi connectivity index (χ3n) is 4.51. The molecular formula is C18H31FN2. The molecule has 2 N–H and O–H groups in total. The smallest absolute Gasteiger partial charge is 0.123 e. The zero-order valence-corrected chi connectivity index (χ0v) is 14.0. The van der Waals surface area contributed by atoms with E-state index in [1.165, 1.54) is 25.0 Å². The average Bonchev–Trinajstić information content (AvgIpc) is 2.49. The van der Waals surface area contributed by atoms with Crippen LogP contribution in [0.3, 0.4) is 0 Å². The average molecular weight is 294 g/mol. The molecule has 3 heteroatoms. The van der Waals surface area contributed by atoms with Crippen LogP contribution in [0.15, 0.2) is 24.3 Å². The number of nitrogens with two attached hydrogens (primary N) is 1. The van der Waals surface area contributed by atoms with Crippen molar-refractivity contribution in [3.63, 3.8) is 0 Å². The van der Waals surface area contributed by atoms with Crippen molar-refractivity contribution in [3.05, 3.63) is 35.6 Å². The van der Waals surface area contributed by atoms with Crippen LogP contribution in [-0.2, 0) is 6.42 Å². The van der Waals surface area contributed by atoms with E-state index >= 15 is 0 Å². The Hall–Kier alpha value is -0.930. The zero-order valence-electron chi connectivity index (χ0n) is 14.0. The molecule has 1 aromatic carbocycles. The zero-order chi connectivity index (χ0) is 15.9. The fourth-order valence-corrected chi connectivity index (χ4v) is 2.90. The topological polar surface area (TPSA) is 29.3 Å². The van der Waals surface area contributed by atoms with Crippen LogP contribution >= 0.6 is 0 Å². The Morgan fingerprint density at radius 2 is 1.86 bits per heavy atom. The van der Waals surface area contributed by atoms with E-state index in [1.807, 2.05) is 12.1 Å². The van der Waals surface area contributed by atoms with Gasteiger partial charge in [-0.05, 0) is 57.4 Å². The molecule has 0 aromatic heterocycles. The number of hydrogen-bond acceptors (Lipinski definition) is 2. The molecule has 1 rings (SSSR count). The summed E-state index contributed by atoms with van der Waals surface area (Å²) in [6, 6.07) is 7.32. The molecule has 2 nitrogen and oxygen atoms in total. The number of benzene rings is 1. The molecule has 1 aromatic rings. The van der Waals surface area contributed by atoms with E-state index < -0.39 is 0 Å². The summed E-state index contributed by atoms with van der Waals surface area (Å²) < 4.78 is 13.1. The molecule has 0 aliphatic carbocycles. The van der Waals surface area contributed by atoms with Gasteiger partial charge in [-0.25, -0.2) is 4.39 Å². The number of halogens is 1. The summed E-state index contributed by atoms with van der Waals surface area (Å²) in [5.74, 6) is -0.182. The number of rotatable bonds is 9. The van der Waals surface area contributed by atoms with Gasteiger partial charge < -0.3 is 5.73 Å². The SMILES string of the molecule is CCCCN(C(C)CC)C(C)(CN)Cc1ccc(F)cc1. The van der Waals surface area contributed by atoms with Crippen LogP contribution in [-0.4, -0.2) is 29.6 Å². The highest BCUT2D eigenvalue weighted by molar-refractivity contribution is 5.19. The van der Waals surface area contributed by atoms with Crippen molar-refractivity contribution in [2.75, 3.05) is 13.1 Å². The molecule has 0 aliphatic rings. The second-order valence-corrected chi connectivity index (χ2v) is 6.31. The molecule has 120 valence electrons. The van der Waals surface area contributed by atoms with Crippen LogP contribution in [0, 0.1) is 5.82 Å². The van der Waals surface area contributed by atoms with E-state index in [4.69, 9.17) is 5.73 Å². The summed E-state index contributed by atoms with van der Waals surface area (Å²) in [6.45, 7) is 10.6. The number of nitrogens with zero attached hydrogens (tertiary/aromatic N) is 1. The number of hydrogen-bond donors (Lipinski definition) is 1. The van der Waals surface area contributed by atoms with Gasteiger partial charge in [-0.3, -0.25) is 4.90 Å². The Morgan fingerprint density at radius 1 is 1.24 bits per heavy atom. The first-order valence-electron chi connectivity index (χ1n) is 8.18. The van der Waals surface area contributed by atoms with Crippen molar-refractivity contribution < 1.29 is 4.39 Å². The van der Waals surface area contributed by atoms with Crippen molar-refractivity contribution in [3.8, 4) is 0 Å². The molecule has 0 bridgehead atoms. The third kappa shape index (κ3) is 5.08. The maximum absolute atomic E-state index is 13.1. The Kier molecular flexibility index (Phi) is 7.33. The minimum Gasteiger partial charge on any atom is -0.329 e. The highest BCUT2D eigenvalue weighted by Gasteiger charge is 2.32. The highest BCUT2D eigenvalue weighted by Crippen LogP contribution is 2.24.